The number of ether oxygens (including phenoxy) is 2. The second kappa shape index (κ2) is 4.59. The molecule has 0 aromatic carbocycles. The predicted octanol–water partition coefficient (Wildman–Crippen LogP) is 1.25. The highest BCUT2D eigenvalue weighted by molar-refractivity contribution is 5.67. The third-order valence-electron chi connectivity index (χ3n) is 1.99. The van der Waals surface area contributed by atoms with Gasteiger partial charge >= 0.3 is 6.09 Å². The SMILES string of the molecule is CC(C)NC(=O)O[C@@H]1CO[C@H](C)[C@@H]1F. The summed E-state index contributed by atoms with van der Waals surface area (Å²) in [6, 6.07) is -0.0136. The van der Waals surface area contributed by atoms with Crippen LogP contribution in [-0.4, -0.2) is 37.1 Å². The first-order valence-corrected chi connectivity index (χ1v) is 4.73. The number of alkyl carbamates (subject to hydrolysis) is 1. The van der Waals surface area contributed by atoms with E-state index < -0.39 is 24.5 Å². The summed E-state index contributed by atoms with van der Waals surface area (Å²) < 4.78 is 23.1. The molecule has 0 aromatic rings. The van der Waals surface area contributed by atoms with E-state index in [4.69, 9.17) is 9.47 Å². The van der Waals surface area contributed by atoms with E-state index in [2.05, 4.69) is 5.32 Å². The monoisotopic (exact) mass is 205 g/mol. The molecule has 14 heavy (non-hydrogen) atoms. The Balaban J connectivity index is 2.34. The lowest BCUT2D eigenvalue weighted by molar-refractivity contribution is 0.0618. The van der Waals surface area contributed by atoms with E-state index >= 15 is 0 Å². The number of hydrogen-bond acceptors (Lipinski definition) is 3. The minimum Gasteiger partial charge on any atom is -0.441 e. The summed E-state index contributed by atoms with van der Waals surface area (Å²) in [5.74, 6) is 0. The van der Waals surface area contributed by atoms with Crippen molar-refractivity contribution in [3.8, 4) is 0 Å². The summed E-state index contributed by atoms with van der Waals surface area (Å²) in [6.07, 6.45) is -3.09. The van der Waals surface area contributed by atoms with Crippen LogP contribution in [-0.2, 0) is 9.47 Å². The molecule has 1 aliphatic rings. The third-order valence-corrected chi connectivity index (χ3v) is 1.99. The zero-order valence-electron chi connectivity index (χ0n) is 8.62. The molecule has 1 saturated heterocycles. The van der Waals surface area contributed by atoms with Crippen LogP contribution in [0, 0.1) is 0 Å². The number of halogens is 1. The molecule has 0 spiro atoms. The van der Waals surface area contributed by atoms with Crippen LogP contribution in [0.25, 0.3) is 0 Å². The van der Waals surface area contributed by atoms with E-state index in [1.54, 1.807) is 6.92 Å². The van der Waals surface area contributed by atoms with Gasteiger partial charge in [0.15, 0.2) is 12.3 Å². The lowest BCUT2D eigenvalue weighted by atomic mass is 10.2. The number of carbonyl (C=O) groups is 1. The van der Waals surface area contributed by atoms with Crippen molar-refractivity contribution in [2.75, 3.05) is 6.61 Å². The van der Waals surface area contributed by atoms with Crippen LogP contribution in [0.2, 0.25) is 0 Å². The maximum Gasteiger partial charge on any atom is 0.407 e. The third kappa shape index (κ3) is 2.83. The van der Waals surface area contributed by atoms with Crippen LogP contribution >= 0.6 is 0 Å². The molecule has 0 saturated carbocycles. The normalized spacial score (nSPS) is 31.9. The molecule has 0 radical (unpaired) electrons. The molecule has 0 aromatic heterocycles. The first kappa shape index (κ1) is 11.2. The van der Waals surface area contributed by atoms with E-state index in [0.29, 0.717) is 0 Å². The molecule has 4 nitrogen and oxygen atoms in total. The highest BCUT2D eigenvalue weighted by Crippen LogP contribution is 2.19. The van der Waals surface area contributed by atoms with Crippen molar-refractivity contribution < 1.29 is 18.7 Å². The van der Waals surface area contributed by atoms with Crippen LogP contribution in [0.5, 0.6) is 0 Å². The van der Waals surface area contributed by atoms with Crippen molar-refractivity contribution in [3.05, 3.63) is 0 Å². The molecule has 0 bridgehead atoms. The Hall–Kier alpha value is -0.840. The number of carbonyl (C=O) groups excluding carboxylic acids is 1. The first-order valence-electron chi connectivity index (χ1n) is 4.73. The van der Waals surface area contributed by atoms with Crippen LogP contribution in [0.4, 0.5) is 9.18 Å². The van der Waals surface area contributed by atoms with Gasteiger partial charge in [-0.2, -0.15) is 0 Å². The number of amides is 1. The minimum atomic E-state index is -1.23. The van der Waals surface area contributed by atoms with Gasteiger partial charge in [0, 0.05) is 6.04 Å². The largest absolute Gasteiger partial charge is 0.441 e. The lowest BCUT2D eigenvalue weighted by Crippen LogP contribution is -2.37. The van der Waals surface area contributed by atoms with Crippen molar-refractivity contribution in [3.63, 3.8) is 0 Å². The minimum absolute atomic E-state index is 0.0136. The van der Waals surface area contributed by atoms with Gasteiger partial charge in [-0.15, -0.1) is 0 Å². The fraction of sp³-hybridized carbons (Fsp3) is 0.889. The predicted molar refractivity (Wildman–Crippen MR) is 48.9 cm³/mol. The smallest absolute Gasteiger partial charge is 0.407 e. The van der Waals surface area contributed by atoms with Gasteiger partial charge < -0.3 is 14.8 Å². The molecule has 3 atom stereocenters. The van der Waals surface area contributed by atoms with Gasteiger partial charge in [-0.3, -0.25) is 0 Å². The van der Waals surface area contributed by atoms with Gasteiger partial charge in [-0.1, -0.05) is 0 Å². The molecule has 1 fully saturated rings. The molecule has 1 aliphatic heterocycles. The average molecular weight is 205 g/mol. The highest BCUT2D eigenvalue weighted by Gasteiger charge is 2.37. The molecule has 1 N–H and O–H groups in total. The zero-order chi connectivity index (χ0) is 10.7. The van der Waals surface area contributed by atoms with Crippen molar-refractivity contribution in [2.45, 2.75) is 45.2 Å². The van der Waals surface area contributed by atoms with Crippen LogP contribution < -0.4 is 5.32 Å². The molecule has 0 aliphatic carbocycles. The molecular weight excluding hydrogens is 189 g/mol. The quantitative estimate of drug-likeness (QED) is 0.738. The number of alkyl halides is 1. The maximum absolute atomic E-state index is 13.2. The van der Waals surface area contributed by atoms with Crippen LogP contribution in [0.15, 0.2) is 0 Å². The molecule has 1 amide bonds. The molecular formula is C9H16FNO3. The summed E-state index contributed by atoms with van der Waals surface area (Å²) in [6.45, 7) is 5.37. The Bertz CT molecular complexity index is 210. The Morgan fingerprint density at radius 2 is 2.29 bits per heavy atom. The topological polar surface area (TPSA) is 47.6 Å². The van der Waals surface area contributed by atoms with Crippen molar-refractivity contribution in [1.29, 1.82) is 0 Å². The number of nitrogens with one attached hydrogen (secondary N) is 1. The summed E-state index contributed by atoms with van der Waals surface area (Å²) in [7, 11) is 0. The van der Waals surface area contributed by atoms with Crippen LogP contribution in [0.1, 0.15) is 20.8 Å². The van der Waals surface area contributed by atoms with E-state index in [0.717, 1.165) is 0 Å². The van der Waals surface area contributed by atoms with E-state index in [1.165, 1.54) is 0 Å². The second-order valence-corrected chi connectivity index (χ2v) is 3.73. The van der Waals surface area contributed by atoms with Gasteiger partial charge in [0.1, 0.15) is 0 Å². The number of hydrogen-bond donors (Lipinski definition) is 1. The maximum atomic E-state index is 13.2. The van der Waals surface area contributed by atoms with E-state index in [9.17, 15) is 9.18 Å². The Labute approximate surface area is 82.8 Å². The summed E-state index contributed by atoms with van der Waals surface area (Å²) in [4.78, 5) is 11.1. The Morgan fingerprint density at radius 1 is 1.64 bits per heavy atom. The fourth-order valence-corrected chi connectivity index (χ4v) is 1.24. The fourth-order valence-electron chi connectivity index (χ4n) is 1.24. The van der Waals surface area contributed by atoms with Crippen LogP contribution in [0.3, 0.4) is 0 Å². The highest BCUT2D eigenvalue weighted by atomic mass is 19.1. The van der Waals surface area contributed by atoms with Crippen molar-refractivity contribution >= 4 is 6.09 Å². The van der Waals surface area contributed by atoms with Gasteiger partial charge in [0.25, 0.3) is 0 Å². The lowest BCUT2D eigenvalue weighted by Gasteiger charge is -2.15. The van der Waals surface area contributed by atoms with E-state index in [1.807, 2.05) is 13.8 Å². The molecule has 0 unspecified atom stereocenters. The summed E-state index contributed by atoms with van der Waals surface area (Å²) >= 11 is 0. The second-order valence-electron chi connectivity index (χ2n) is 3.73. The molecule has 1 heterocycles. The van der Waals surface area contributed by atoms with Crippen molar-refractivity contribution in [2.24, 2.45) is 0 Å². The molecule has 82 valence electrons. The standard InChI is InChI=1S/C9H16FNO3/c1-5(2)11-9(12)14-7-4-13-6(3)8(7)10/h5-8H,4H2,1-3H3,(H,11,12)/t6-,7-,8+/m1/s1. The first-order chi connectivity index (χ1) is 6.50. The zero-order valence-corrected chi connectivity index (χ0v) is 8.62. The van der Waals surface area contributed by atoms with Gasteiger partial charge in [-0.05, 0) is 20.8 Å². The summed E-state index contributed by atoms with van der Waals surface area (Å²) in [5.41, 5.74) is 0. The van der Waals surface area contributed by atoms with Crippen molar-refractivity contribution in [1.82, 2.24) is 5.32 Å². The van der Waals surface area contributed by atoms with E-state index in [-0.39, 0.29) is 12.6 Å². The average Bonchev–Trinajstić information content (AvgIpc) is 2.34. The molecule has 1 rings (SSSR count). The Kier molecular flexibility index (Phi) is 3.69. The summed E-state index contributed by atoms with van der Waals surface area (Å²) in [5, 5.41) is 2.52. The van der Waals surface area contributed by atoms with Gasteiger partial charge in [0.2, 0.25) is 0 Å². The van der Waals surface area contributed by atoms with Gasteiger partial charge in [0.05, 0.1) is 12.7 Å². The number of rotatable bonds is 2. The van der Waals surface area contributed by atoms with Gasteiger partial charge in [-0.25, -0.2) is 9.18 Å². The molecule has 5 heteroatoms. The Morgan fingerprint density at radius 3 is 2.71 bits per heavy atom.